The van der Waals surface area contributed by atoms with Crippen molar-refractivity contribution < 1.29 is 8.95 Å². The summed E-state index contributed by atoms with van der Waals surface area (Å²) in [5.41, 5.74) is 1.15. The van der Waals surface area contributed by atoms with E-state index in [1.165, 1.54) is 0 Å². The first-order valence-corrected chi connectivity index (χ1v) is 8.77. The molecule has 0 saturated heterocycles. The lowest BCUT2D eigenvalue weighted by Gasteiger charge is -2.20. The van der Waals surface area contributed by atoms with Crippen molar-refractivity contribution >= 4 is 10.8 Å². The topological polar surface area (TPSA) is 38.3 Å². The van der Waals surface area contributed by atoms with Gasteiger partial charge in [0, 0.05) is 28.3 Å². The van der Waals surface area contributed by atoms with Gasteiger partial charge in [0.2, 0.25) is 0 Å². The Labute approximate surface area is 125 Å². The fraction of sp³-hybridized carbons (Fsp3) is 0.625. The average molecular weight is 297 g/mol. The van der Waals surface area contributed by atoms with Crippen LogP contribution in [0.4, 0.5) is 0 Å². The summed E-state index contributed by atoms with van der Waals surface area (Å²) in [5.74, 6) is 2.73. The summed E-state index contributed by atoms with van der Waals surface area (Å²) in [6, 6.07) is 8.15. The first-order chi connectivity index (χ1) is 9.56. The van der Waals surface area contributed by atoms with Crippen LogP contribution in [0, 0.1) is 5.92 Å². The Bertz CT molecular complexity index is 421. The molecule has 0 heterocycles. The first-order valence-electron chi connectivity index (χ1n) is 7.29. The molecule has 114 valence electrons. The van der Waals surface area contributed by atoms with E-state index in [2.05, 4.69) is 32.2 Å². The van der Waals surface area contributed by atoms with Crippen LogP contribution in [0.25, 0.3) is 0 Å². The fourth-order valence-corrected chi connectivity index (χ4v) is 3.64. The van der Waals surface area contributed by atoms with Crippen molar-refractivity contribution in [2.24, 2.45) is 5.92 Å². The molecule has 0 amide bonds. The minimum absolute atomic E-state index is 0.129. The molecule has 1 rings (SSSR count). The number of methoxy groups -OCH3 is 1. The van der Waals surface area contributed by atoms with Crippen LogP contribution >= 0.6 is 0 Å². The maximum Gasteiger partial charge on any atom is 0.119 e. The Morgan fingerprint density at radius 3 is 2.65 bits per heavy atom. The van der Waals surface area contributed by atoms with Crippen molar-refractivity contribution in [2.75, 3.05) is 25.2 Å². The van der Waals surface area contributed by atoms with E-state index < -0.39 is 10.8 Å². The molecule has 2 atom stereocenters. The molecule has 0 spiro atoms. The molecule has 0 aliphatic carbocycles. The van der Waals surface area contributed by atoms with Gasteiger partial charge in [-0.1, -0.05) is 32.9 Å². The van der Waals surface area contributed by atoms with Gasteiger partial charge in [0.15, 0.2) is 0 Å². The highest BCUT2D eigenvalue weighted by Crippen LogP contribution is 2.20. The summed E-state index contributed by atoms with van der Waals surface area (Å²) in [4.78, 5) is 0. The molecular weight excluding hydrogens is 270 g/mol. The van der Waals surface area contributed by atoms with E-state index in [1.807, 2.05) is 18.2 Å². The Morgan fingerprint density at radius 2 is 2.05 bits per heavy atom. The zero-order chi connectivity index (χ0) is 15.0. The van der Waals surface area contributed by atoms with Crippen LogP contribution < -0.4 is 10.1 Å². The van der Waals surface area contributed by atoms with Gasteiger partial charge in [0.25, 0.3) is 0 Å². The Hall–Kier alpha value is -0.870. The van der Waals surface area contributed by atoms with Crippen molar-refractivity contribution in [3.63, 3.8) is 0 Å². The highest BCUT2D eigenvalue weighted by atomic mass is 32.2. The van der Waals surface area contributed by atoms with Crippen molar-refractivity contribution in [3.05, 3.63) is 29.8 Å². The molecule has 0 aliphatic rings. The smallest absolute Gasteiger partial charge is 0.119 e. The standard InChI is InChI=1S/C16H27NO2S/c1-5-9-17-16(12-20(18)11-13(2)3)14-7-6-8-15(10-14)19-4/h6-8,10,13,16-17H,5,9,11-12H2,1-4H3. The van der Waals surface area contributed by atoms with E-state index in [9.17, 15) is 4.21 Å². The zero-order valence-corrected chi connectivity index (χ0v) is 13.8. The molecule has 2 unspecified atom stereocenters. The minimum Gasteiger partial charge on any atom is -0.497 e. The lowest BCUT2D eigenvalue weighted by atomic mass is 10.1. The third-order valence-electron chi connectivity index (χ3n) is 3.01. The van der Waals surface area contributed by atoms with Gasteiger partial charge < -0.3 is 10.1 Å². The van der Waals surface area contributed by atoms with E-state index in [0.29, 0.717) is 11.7 Å². The van der Waals surface area contributed by atoms with Crippen LogP contribution in [-0.4, -0.2) is 29.4 Å². The van der Waals surface area contributed by atoms with Crippen LogP contribution in [0.5, 0.6) is 5.75 Å². The van der Waals surface area contributed by atoms with Gasteiger partial charge in [0.05, 0.1) is 7.11 Å². The van der Waals surface area contributed by atoms with Gasteiger partial charge in [-0.05, 0) is 36.6 Å². The van der Waals surface area contributed by atoms with Gasteiger partial charge in [-0.25, -0.2) is 0 Å². The molecule has 0 fully saturated rings. The number of benzene rings is 1. The van der Waals surface area contributed by atoms with E-state index in [0.717, 1.165) is 30.0 Å². The summed E-state index contributed by atoms with van der Waals surface area (Å²) in [5, 5.41) is 3.49. The maximum absolute atomic E-state index is 12.2. The Balaban J connectivity index is 2.79. The molecule has 0 aliphatic heterocycles. The number of nitrogens with one attached hydrogen (secondary N) is 1. The molecule has 4 heteroatoms. The van der Waals surface area contributed by atoms with Crippen LogP contribution in [0.1, 0.15) is 38.8 Å². The van der Waals surface area contributed by atoms with Crippen molar-refractivity contribution in [1.82, 2.24) is 5.32 Å². The van der Waals surface area contributed by atoms with Crippen LogP contribution in [0.2, 0.25) is 0 Å². The molecule has 1 aromatic carbocycles. The molecule has 0 saturated carbocycles. The van der Waals surface area contributed by atoms with Gasteiger partial charge in [-0.15, -0.1) is 0 Å². The van der Waals surface area contributed by atoms with Crippen molar-refractivity contribution in [1.29, 1.82) is 0 Å². The second-order valence-electron chi connectivity index (χ2n) is 5.45. The van der Waals surface area contributed by atoms with Crippen LogP contribution in [-0.2, 0) is 10.8 Å². The summed E-state index contributed by atoms with van der Waals surface area (Å²) in [6.07, 6.45) is 1.07. The predicted octanol–water partition coefficient (Wildman–Crippen LogP) is 3.14. The predicted molar refractivity (Wildman–Crippen MR) is 86.7 cm³/mol. The molecule has 3 nitrogen and oxygen atoms in total. The number of rotatable bonds is 9. The summed E-state index contributed by atoms with van der Waals surface area (Å²) in [6.45, 7) is 7.29. The highest BCUT2D eigenvalue weighted by molar-refractivity contribution is 7.85. The lowest BCUT2D eigenvalue weighted by Crippen LogP contribution is -2.28. The number of hydrogen-bond donors (Lipinski definition) is 1. The van der Waals surface area contributed by atoms with E-state index >= 15 is 0 Å². The Morgan fingerprint density at radius 1 is 1.30 bits per heavy atom. The number of ether oxygens (including phenoxy) is 1. The largest absolute Gasteiger partial charge is 0.497 e. The van der Waals surface area contributed by atoms with Gasteiger partial charge in [-0.3, -0.25) is 4.21 Å². The fourth-order valence-electron chi connectivity index (χ4n) is 2.08. The molecule has 0 radical (unpaired) electrons. The van der Waals surface area contributed by atoms with E-state index in [4.69, 9.17) is 4.74 Å². The summed E-state index contributed by atoms with van der Waals surface area (Å²) < 4.78 is 17.5. The molecule has 0 bridgehead atoms. The zero-order valence-electron chi connectivity index (χ0n) is 13.0. The third kappa shape index (κ3) is 6.06. The van der Waals surface area contributed by atoms with Gasteiger partial charge in [-0.2, -0.15) is 0 Å². The maximum atomic E-state index is 12.2. The molecule has 1 N–H and O–H groups in total. The van der Waals surface area contributed by atoms with Crippen molar-refractivity contribution in [2.45, 2.75) is 33.2 Å². The summed E-state index contributed by atoms with van der Waals surface area (Å²) in [7, 11) is 0.875. The molecule has 20 heavy (non-hydrogen) atoms. The second kappa shape index (κ2) is 9.14. The molecule has 0 aromatic heterocycles. The first kappa shape index (κ1) is 17.2. The third-order valence-corrected chi connectivity index (χ3v) is 4.75. The second-order valence-corrected chi connectivity index (χ2v) is 7.00. The lowest BCUT2D eigenvalue weighted by molar-refractivity contribution is 0.413. The van der Waals surface area contributed by atoms with Crippen LogP contribution in [0.3, 0.4) is 0 Å². The minimum atomic E-state index is -0.796. The molecule has 1 aromatic rings. The van der Waals surface area contributed by atoms with Gasteiger partial charge in [0.1, 0.15) is 5.75 Å². The monoisotopic (exact) mass is 297 g/mol. The normalized spacial score (nSPS) is 14.2. The number of hydrogen-bond acceptors (Lipinski definition) is 3. The van der Waals surface area contributed by atoms with Crippen molar-refractivity contribution in [3.8, 4) is 5.75 Å². The SMILES string of the molecule is CCCNC(CS(=O)CC(C)C)c1cccc(OC)c1. The van der Waals surface area contributed by atoms with Crippen LogP contribution in [0.15, 0.2) is 24.3 Å². The summed E-state index contributed by atoms with van der Waals surface area (Å²) >= 11 is 0. The quantitative estimate of drug-likeness (QED) is 0.761. The molecular formula is C16H27NO2S. The van der Waals surface area contributed by atoms with E-state index in [-0.39, 0.29) is 6.04 Å². The average Bonchev–Trinajstić information content (AvgIpc) is 2.42. The highest BCUT2D eigenvalue weighted by Gasteiger charge is 2.15. The Kier molecular flexibility index (Phi) is 7.85. The van der Waals surface area contributed by atoms with Gasteiger partial charge >= 0.3 is 0 Å². The van der Waals surface area contributed by atoms with E-state index in [1.54, 1.807) is 7.11 Å².